The number of nitrogens with two attached hydrogens (primary N) is 1. The quantitative estimate of drug-likeness (QED) is 0.123. The summed E-state index contributed by atoms with van der Waals surface area (Å²) < 4.78 is 14.6. The lowest BCUT2D eigenvalue weighted by atomic mass is 9.91. The number of aromatic nitrogens is 1. The number of phenolic OH excluding ortho intramolecular Hbond substituents is 1. The molecule has 10 atom stereocenters. The van der Waals surface area contributed by atoms with Crippen LogP contribution in [-0.4, -0.2) is 168 Å². The van der Waals surface area contributed by atoms with Crippen LogP contribution in [0.5, 0.6) is 5.75 Å². The minimum atomic E-state index is -2.39. The van der Waals surface area contributed by atoms with Crippen LogP contribution in [0.2, 0.25) is 0 Å². The van der Waals surface area contributed by atoms with Gasteiger partial charge in [-0.05, 0) is 30.5 Å². The van der Waals surface area contributed by atoms with E-state index in [1.807, 2.05) is 0 Å². The highest BCUT2D eigenvalue weighted by molar-refractivity contribution is 7.85. The van der Waals surface area contributed by atoms with Crippen molar-refractivity contribution in [3.8, 4) is 5.75 Å². The zero-order valence-electron chi connectivity index (χ0n) is 35.2. The molecule has 24 nitrogen and oxygen atoms in total. The Morgan fingerprint density at radius 3 is 2.25 bits per heavy atom. The molecule has 3 aliphatic rings. The van der Waals surface area contributed by atoms with Crippen LogP contribution in [0.1, 0.15) is 52.0 Å². The molecule has 5 rings (SSSR count). The fourth-order valence-electron chi connectivity index (χ4n) is 7.73. The van der Waals surface area contributed by atoms with E-state index >= 15 is 0 Å². The Balaban J connectivity index is 1.74. The first-order valence-corrected chi connectivity index (χ1v) is 21.8. The average molecular weight is 919 g/mol. The summed E-state index contributed by atoms with van der Waals surface area (Å²) in [5.74, 6) is -11.0. The van der Waals surface area contributed by atoms with Gasteiger partial charge in [-0.1, -0.05) is 20.3 Å². The Bertz CT molecular complexity index is 2220. The number of aliphatic hydroxyl groups is 3. The van der Waals surface area contributed by atoms with Crippen LogP contribution < -0.4 is 43.0 Å². The molecule has 1 aromatic carbocycles. The predicted octanol–water partition coefficient (Wildman–Crippen LogP) is -5.78. The molecule has 25 heteroatoms. The highest BCUT2D eigenvalue weighted by atomic mass is 32.2. The number of carbonyl (C=O) groups excluding carboxylic acids is 9. The minimum absolute atomic E-state index is 0.0649. The van der Waals surface area contributed by atoms with Crippen molar-refractivity contribution in [3.63, 3.8) is 0 Å². The summed E-state index contributed by atoms with van der Waals surface area (Å²) in [5, 5.41) is 59.4. The van der Waals surface area contributed by atoms with Crippen molar-refractivity contribution in [2.45, 2.75) is 106 Å². The zero-order valence-corrected chi connectivity index (χ0v) is 36.0. The van der Waals surface area contributed by atoms with Crippen molar-refractivity contribution in [3.05, 3.63) is 23.8 Å². The second-order valence-electron chi connectivity index (χ2n) is 16.3. The van der Waals surface area contributed by atoms with Crippen molar-refractivity contribution in [1.29, 1.82) is 0 Å². The Labute approximate surface area is 368 Å². The van der Waals surface area contributed by atoms with Gasteiger partial charge in [-0.2, -0.15) is 0 Å². The number of aromatic hydroxyl groups is 1. The fourth-order valence-corrected chi connectivity index (χ4v) is 9.13. The molecule has 1 aromatic heterocycles. The van der Waals surface area contributed by atoms with Crippen LogP contribution in [0.15, 0.2) is 23.2 Å². The molecule has 0 unspecified atom stereocenters. The van der Waals surface area contributed by atoms with Crippen molar-refractivity contribution in [1.82, 2.24) is 47.1 Å². The zero-order chi connectivity index (χ0) is 47.2. The molecule has 0 aliphatic carbocycles. The van der Waals surface area contributed by atoms with Crippen molar-refractivity contribution >= 4 is 74.9 Å². The van der Waals surface area contributed by atoms with Gasteiger partial charge in [0.15, 0.2) is 0 Å². The van der Waals surface area contributed by atoms with E-state index in [0.717, 1.165) is 11.8 Å². The maximum Gasteiger partial charge on any atom is 0.246 e. The largest absolute Gasteiger partial charge is 0.508 e. The van der Waals surface area contributed by atoms with Gasteiger partial charge >= 0.3 is 0 Å². The van der Waals surface area contributed by atoms with Crippen LogP contribution in [0.4, 0.5) is 0 Å². The molecule has 0 radical (unpaired) electrons. The molecule has 14 N–H and O–H groups in total. The molecule has 2 bridgehead atoms. The third kappa shape index (κ3) is 11.5. The van der Waals surface area contributed by atoms with E-state index in [0.29, 0.717) is 6.42 Å². The normalized spacial score (nSPS) is 28.5. The van der Waals surface area contributed by atoms with Crippen molar-refractivity contribution in [2.75, 3.05) is 32.0 Å². The summed E-state index contributed by atoms with van der Waals surface area (Å²) in [7, 11) is -2.39. The van der Waals surface area contributed by atoms with E-state index in [1.54, 1.807) is 13.8 Å². The average Bonchev–Trinajstić information content (AvgIpc) is 3.80. The summed E-state index contributed by atoms with van der Waals surface area (Å²) in [6, 6.07) is -6.33. The molecular formula is C39H54N10O14S. The van der Waals surface area contributed by atoms with Crippen LogP contribution in [-0.2, 0) is 60.4 Å². The number of nitrogens with zero attached hydrogens (tertiary/aromatic N) is 1. The molecule has 1 saturated heterocycles. The van der Waals surface area contributed by atoms with Crippen LogP contribution in [0.3, 0.4) is 0 Å². The number of amides is 9. The number of fused-ring (bicyclic) bond motifs is 5. The maximum atomic E-state index is 14.6. The third-order valence-corrected chi connectivity index (χ3v) is 12.9. The topological polar surface area (TPSA) is 381 Å². The number of primary amides is 1. The van der Waals surface area contributed by atoms with E-state index in [2.05, 4.69) is 42.2 Å². The number of nitrogens with one attached hydrogen (secondary N) is 8. The van der Waals surface area contributed by atoms with Gasteiger partial charge in [0.05, 0.1) is 53.3 Å². The number of H-pyrrole nitrogens is 1. The highest BCUT2D eigenvalue weighted by Gasteiger charge is 2.46. The number of hydrogen-bond donors (Lipinski definition) is 13. The van der Waals surface area contributed by atoms with Gasteiger partial charge in [0.2, 0.25) is 53.2 Å². The third-order valence-electron chi connectivity index (χ3n) is 11.4. The summed E-state index contributed by atoms with van der Waals surface area (Å²) in [4.78, 5) is 127. The number of hydrogen-bond acceptors (Lipinski definition) is 14. The van der Waals surface area contributed by atoms with Gasteiger partial charge in [-0.3, -0.25) is 47.4 Å². The molecule has 4 heterocycles. The molecule has 0 spiro atoms. The predicted molar refractivity (Wildman–Crippen MR) is 222 cm³/mol. The Morgan fingerprint density at radius 1 is 0.922 bits per heavy atom. The summed E-state index contributed by atoms with van der Waals surface area (Å²) in [6.07, 6.45) is -3.37. The van der Waals surface area contributed by atoms with Gasteiger partial charge in [-0.25, -0.2) is 0 Å². The molecule has 64 heavy (non-hydrogen) atoms. The first-order chi connectivity index (χ1) is 30.1. The van der Waals surface area contributed by atoms with Gasteiger partial charge in [0, 0.05) is 43.9 Å². The molecule has 350 valence electrons. The molecule has 9 amide bonds. The maximum absolute atomic E-state index is 14.6. The smallest absolute Gasteiger partial charge is 0.246 e. The lowest BCUT2D eigenvalue weighted by molar-refractivity contribution is -0.145. The highest BCUT2D eigenvalue weighted by Crippen LogP contribution is 2.30. The molecule has 2 aromatic rings. The van der Waals surface area contributed by atoms with Gasteiger partial charge in [0.25, 0.3) is 0 Å². The van der Waals surface area contributed by atoms with Crippen molar-refractivity contribution < 1.29 is 67.8 Å². The number of aliphatic hydroxyl groups excluding tert-OH is 2. The number of aromatic amines is 1. The number of carbonyl (C=O) groups is 9. The number of phenols is 1. The minimum Gasteiger partial charge on any atom is -0.508 e. The number of benzene rings is 1. The van der Waals surface area contributed by atoms with Gasteiger partial charge in [0.1, 0.15) is 47.0 Å². The van der Waals surface area contributed by atoms with E-state index in [-0.39, 0.29) is 27.2 Å². The van der Waals surface area contributed by atoms with E-state index in [1.165, 1.54) is 18.2 Å². The SMILES string of the molecule is CC[C@H](C)[C@@H]1NC(=O)CNC(=O)[C@H]2Cc3c([nH]c4cc(O)ccc34)[S@](=O)C[C@@H](NC(=O)CNC1=O)C(=O)N[C@H](CC(N)=O)C(=O)N1C[C@H](O)C[C@@H]1C(=O)N[C@@H]([C@](C)(O)CCO)C(=O)N2. The van der Waals surface area contributed by atoms with E-state index in [9.17, 15) is 67.8 Å². The Morgan fingerprint density at radius 2 is 1.59 bits per heavy atom. The summed E-state index contributed by atoms with van der Waals surface area (Å²) >= 11 is 0. The molecule has 0 saturated carbocycles. The number of rotatable bonds is 7. The molecule has 3 aliphatic heterocycles. The Hall–Kier alpha value is -6.18. The molecular weight excluding hydrogens is 865 g/mol. The van der Waals surface area contributed by atoms with Crippen LogP contribution in [0.25, 0.3) is 10.9 Å². The Kier molecular flexibility index (Phi) is 15.7. The van der Waals surface area contributed by atoms with Crippen molar-refractivity contribution in [2.24, 2.45) is 11.7 Å². The first-order valence-electron chi connectivity index (χ1n) is 20.5. The van der Waals surface area contributed by atoms with E-state index in [4.69, 9.17) is 5.73 Å². The lowest BCUT2D eigenvalue weighted by Crippen LogP contribution is -2.64. The monoisotopic (exact) mass is 918 g/mol. The van der Waals surface area contributed by atoms with Crippen LogP contribution in [0, 0.1) is 5.92 Å². The van der Waals surface area contributed by atoms with Gasteiger partial charge in [-0.15, -0.1) is 0 Å². The summed E-state index contributed by atoms with van der Waals surface area (Å²) in [6.45, 7) is 1.71. The molecule has 1 fully saturated rings. The summed E-state index contributed by atoms with van der Waals surface area (Å²) in [5.41, 5.74) is 3.43. The first kappa shape index (κ1) is 48.8. The second kappa shape index (κ2) is 20.5. The lowest BCUT2D eigenvalue weighted by Gasteiger charge is -2.35. The van der Waals surface area contributed by atoms with Crippen LogP contribution >= 0.6 is 0 Å². The fraction of sp³-hybridized carbons (Fsp3) is 0.564. The van der Waals surface area contributed by atoms with Gasteiger partial charge < -0.3 is 73.3 Å². The van der Waals surface area contributed by atoms with E-state index < -0.39 is 176 Å². The standard InChI is InChI=1S/C39H54N10O14S/c1-4-17(2)30-35(59)42-13-28(54)43-25-16-64(63)37-21(20-6-5-18(51)9-22(20)46-37)11-23(32(56)41-14-29(55)47-30)44-36(60)31(39(3,62)7-8-50)48-34(58)26-10-19(52)15-49(26)38(61)24(12-27(40)53)45-33(25)57/h5-6,9,17,19,23-26,30-31,46,50-52,62H,4,7-8,10-16H2,1-3H3,(H2,40,53)(H,41,56)(H,42,59)(H,43,54)(H,44,60)(H,45,57)(H,47,55)(H,48,58)/t17-,19+,23+,24+,25+,26+,30-,31+,39+,64+/m0/s1. The second-order valence-corrected chi connectivity index (χ2v) is 17.8.